The van der Waals surface area contributed by atoms with Gasteiger partial charge in [-0.3, -0.25) is 4.68 Å². The van der Waals surface area contributed by atoms with Crippen molar-refractivity contribution >= 4 is 15.9 Å². The van der Waals surface area contributed by atoms with E-state index >= 15 is 0 Å². The maximum Gasteiger partial charge on any atom is 0.153 e. The number of hydrogen-bond donors (Lipinski definition) is 1. The summed E-state index contributed by atoms with van der Waals surface area (Å²) in [5.74, 6) is 0. The van der Waals surface area contributed by atoms with E-state index in [2.05, 4.69) is 43.6 Å². The monoisotopic (exact) mass is 312 g/mol. The first-order valence-electron chi connectivity index (χ1n) is 5.83. The van der Waals surface area contributed by atoms with E-state index in [9.17, 15) is 0 Å². The van der Waals surface area contributed by atoms with E-state index in [0.717, 1.165) is 28.0 Å². The average molecular weight is 313 g/mol. The summed E-state index contributed by atoms with van der Waals surface area (Å²) in [5.41, 5.74) is 3.25. The fourth-order valence-corrected chi connectivity index (χ4v) is 2.71. The maximum absolute atomic E-state index is 4.48. The lowest BCUT2D eigenvalue weighted by Gasteiger charge is -2.16. The van der Waals surface area contributed by atoms with E-state index < -0.39 is 0 Å². The van der Waals surface area contributed by atoms with Crippen molar-refractivity contribution in [3.63, 3.8) is 0 Å². The minimum atomic E-state index is 0.0306. The lowest BCUT2D eigenvalue weighted by atomic mass is 10.0. The van der Waals surface area contributed by atoms with E-state index in [1.807, 2.05) is 32.0 Å². The van der Waals surface area contributed by atoms with E-state index in [0.29, 0.717) is 0 Å². The normalized spacial score (nSPS) is 12.9. The molecule has 0 saturated carbocycles. The largest absolute Gasteiger partial charge is 0.308 e. The Bertz CT molecular complexity index is 524. The lowest BCUT2D eigenvalue weighted by Crippen LogP contribution is -2.21. The zero-order chi connectivity index (χ0) is 13.3. The van der Waals surface area contributed by atoms with Gasteiger partial charge in [-0.2, -0.15) is 5.10 Å². The van der Waals surface area contributed by atoms with Crippen LogP contribution < -0.4 is 5.32 Å². The maximum atomic E-state index is 4.48. The molecule has 0 saturated heterocycles. The molecule has 2 rings (SSSR count). The van der Waals surface area contributed by atoms with Crippen LogP contribution in [0.15, 0.2) is 10.8 Å². The Kier molecular flexibility index (Phi) is 3.82. The summed E-state index contributed by atoms with van der Waals surface area (Å²) in [5, 5.41) is 15.8. The highest BCUT2D eigenvalue weighted by molar-refractivity contribution is 9.10. The van der Waals surface area contributed by atoms with Gasteiger partial charge in [0.25, 0.3) is 0 Å². The molecule has 0 radical (unpaired) electrons. The predicted octanol–water partition coefficient (Wildman–Crippen LogP) is 1.18. The molecule has 2 aromatic rings. The first-order chi connectivity index (χ1) is 8.58. The predicted molar refractivity (Wildman–Crippen MR) is 72.2 cm³/mol. The van der Waals surface area contributed by atoms with Gasteiger partial charge in [0.05, 0.1) is 17.4 Å². The molecule has 98 valence electrons. The van der Waals surface area contributed by atoms with Crippen LogP contribution in [0.1, 0.15) is 29.9 Å². The fourth-order valence-electron chi connectivity index (χ4n) is 2.15. The quantitative estimate of drug-likeness (QED) is 0.921. The summed E-state index contributed by atoms with van der Waals surface area (Å²) in [4.78, 5) is 0. The first kappa shape index (κ1) is 13.2. The van der Waals surface area contributed by atoms with Crippen molar-refractivity contribution in [2.75, 3.05) is 7.05 Å². The molecule has 0 bridgehead atoms. The van der Waals surface area contributed by atoms with Gasteiger partial charge in [-0.1, -0.05) is 12.1 Å². The molecular weight excluding hydrogens is 296 g/mol. The molecule has 0 aliphatic carbocycles. The molecule has 0 aliphatic rings. The van der Waals surface area contributed by atoms with E-state index in [-0.39, 0.29) is 6.04 Å². The zero-order valence-corrected chi connectivity index (χ0v) is 12.6. The number of aryl methyl sites for hydroxylation is 3. The van der Waals surface area contributed by atoms with Gasteiger partial charge in [-0.05, 0) is 29.4 Å². The second kappa shape index (κ2) is 5.19. The number of hydrogen-bond acceptors (Lipinski definition) is 4. The molecule has 2 heterocycles. The average Bonchev–Trinajstić information content (AvgIpc) is 2.87. The second-order valence-electron chi connectivity index (χ2n) is 4.17. The van der Waals surface area contributed by atoms with Crippen molar-refractivity contribution in [2.45, 2.75) is 19.4 Å². The SMILES string of the molecule is CCc1nn(C)cc1C(NC)c1c(Br)nnn1C. The molecule has 6 nitrogen and oxygen atoms in total. The van der Waals surface area contributed by atoms with Crippen molar-refractivity contribution in [3.8, 4) is 0 Å². The van der Waals surface area contributed by atoms with Crippen LogP contribution >= 0.6 is 15.9 Å². The van der Waals surface area contributed by atoms with Crippen LogP contribution in [0.25, 0.3) is 0 Å². The minimum Gasteiger partial charge on any atom is -0.308 e. The third kappa shape index (κ3) is 2.20. The highest BCUT2D eigenvalue weighted by Crippen LogP contribution is 2.28. The topological polar surface area (TPSA) is 60.6 Å². The summed E-state index contributed by atoms with van der Waals surface area (Å²) >= 11 is 3.45. The second-order valence-corrected chi connectivity index (χ2v) is 4.92. The fraction of sp³-hybridized carbons (Fsp3) is 0.545. The first-order valence-corrected chi connectivity index (χ1v) is 6.62. The lowest BCUT2D eigenvalue weighted by molar-refractivity contribution is 0.593. The summed E-state index contributed by atoms with van der Waals surface area (Å²) in [6.45, 7) is 2.11. The van der Waals surface area contributed by atoms with E-state index in [4.69, 9.17) is 0 Å². The van der Waals surface area contributed by atoms with Crippen LogP contribution in [0.4, 0.5) is 0 Å². The Morgan fingerprint density at radius 1 is 1.44 bits per heavy atom. The van der Waals surface area contributed by atoms with Crippen molar-refractivity contribution in [2.24, 2.45) is 14.1 Å². The number of nitrogens with zero attached hydrogens (tertiary/aromatic N) is 5. The van der Waals surface area contributed by atoms with Crippen LogP contribution in [0.5, 0.6) is 0 Å². The van der Waals surface area contributed by atoms with E-state index in [1.54, 1.807) is 4.68 Å². The summed E-state index contributed by atoms with van der Waals surface area (Å²) < 4.78 is 4.38. The molecule has 2 aromatic heterocycles. The van der Waals surface area contributed by atoms with Crippen molar-refractivity contribution in [3.05, 3.63) is 27.8 Å². The molecule has 0 aromatic carbocycles. The van der Waals surface area contributed by atoms with Crippen LogP contribution in [-0.2, 0) is 20.5 Å². The van der Waals surface area contributed by atoms with Gasteiger partial charge < -0.3 is 5.32 Å². The highest BCUT2D eigenvalue weighted by Gasteiger charge is 2.24. The Labute approximate surface area is 114 Å². The minimum absolute atomic E-state index is 0.0306. The van der Waals surface area contributed by atoms with E-state index in [1.165, 1.54) is 0 Å². The Balaban J connectivity index is 2.51. The Hall–Kier alpha value is -1.21. The third-order valence-corrected chi connectivity index (χ3v) is 3.54. The Morgan fingerprint density at radius 3 is 2.67 bits per heavy atom. The molecule has 0 aliphatic heterocycles. The van der Waals surface area contributed by atoms with Gasteiger partial charge in [0, 0.05) is 25.9 Å². The number of halogens is 1. The van der Waals surface area contributed by atoms with Crippen LogP contribution in [0.3, 0.4) is 0 Å². The smallest absolute Gasteiger partial charge is 0.153 e. The standard InChI is InChI=1S/C11H17BrN6/c1-5-8-7(6-17(3)15-8)9(13-2)10-11(12)14-16-18(10)4/h6,9,13H,5H2,1-4H3. The van der Waals surface area contributed by atoms with Gasteiger partial charge in [0.2, 0.25) is 0 Å². The van der Waals surface area contributed by atoms with Gasteiger partial charge in [-0.15, -0.1) is 5.10 Å². The van der Waals surface area contributed by atoms with Crippen molar-refractivity contribution < 1.29 is 0 Å². The van der Waals surface area contributed by atoms with Crippen LogP contribution in [0.2, 0.25) is 0 Å². The molecule has 1 unspecified atom stereocenters. The summed E-state index contributed by atoms with van der Waals surface area (Å²) in [6.07, 6.45) is 2.94. The van der Waals surface area contributed by atoms with Crippen LogP contribution in [0, 0.1) is 0 Å². The molecule has 18 heavy (non-hydrogen) atoms. The van der Waals surface area contributed by atoms with Gasteiger partial charge in [0.15, 0.2) is 4.60 Å². The molecule has 7 heteroatoms. The van der Waals surface area contributed by atoms with Gasteiger partial charge in [0.1, 0.15) is 0 Å². The molecule has 1 atom stereocenters. The van der Waals surface area contributed by atoms with Crippen molar-refractivity contribution in [1.29, 1.82) is 0 Å². The summed E-state index contributed by atoms with van der Waals surface area (Å²) in [6, 6.07) is 0.0306. The number of nitrogens with one attached hydrogen (secondary N) is 1. The molecule has 0 spiro atoms. The van der Waals surface area contributed by atoms with Crippen LogP contribution in [-0.4, -0.2) is 31.8 Å². The zero-order valence-electron chi connectivity index (χ0n) is 11.0. The molecular formula is C11H17BrN6. The van der Waals surface area contributed by atoms with Gasteiger partial charge >= 0.3 is 0 Å². The molecule has 1 N–H and O–H groups in total. The third-order valence-electron chi connectivity index (χ3n) is 2.97. The molecule has 0 amide bonds. The van der Waals surface area contributed by atoms with Gasteiger partial charge in [-0.25, -0.2) is 4.68 Å². The molecule has 0 fully saturated rings. The number of aromatic nitrogens is 5. The van der Waals surface area contributed by atoms with Crippen molar-refractivity contribution in [1.82, 2.24) is 30.1 Å². The summed E-state index contributed by atoms with van der Waals surface area (Å²) in [7, 11) is 5.75. The highest BCUT2D eigenvalue weighted by atomic mass is 79.9. The Morgan fingerprint density at radius 2 is 2.17 bits per heavy atom. The number of rotatable bonds is 4.